The summed E-state index contributed by atoms with van der Waals surface area (Å²) in [6.45, 7) is 3.96. The Morgan fingerprint density at radius 1 is 0.568 bits per heavy atom. The summed E-state index contributed by atoms with van der Waals surface area (Å²) in [5.74, 6) is -0.0193. The first kappa shape index (κ1) is 30.2. The second-order valence-corrected chi connectivity index (χ2v) is 8.96. The minimum absolute atomic E-state index is 0. The van der Waals surface area contributed by atoms with Gasteiger partial charge in [0.1, 0.15) is 0 Å². The average Bonchev–Trinajstić information content (AvgIpc) is 2.88. The molecule has 7 heteroatoms. The first-order valence-electron chi connectivity index (χ1n) is 11.4. The molecule has 0 unspecified atom stereocenters. The molecule has 0 aliphatic heterocycles. The molecule has 37 heavy (non-hydrogen) atoms. The van der Waals surface area contributed by atoms with Crippen molar-refractivity contribution in [1.82, 2.24) is 0 Å². The number of para-hydroxylation sites is 2. The van der Waals surface area contributed by atoms with Crippen molar-refractivity contribution in [3.63, 3.8) is 0 Å². The minimum Gasteiger partial charge on any atom is -0.872 e. The summed E-state index contributed by atoms with van der Waals surface area (Å²) in [6, 6.07) is 28.8. The number of aliphatic imine (C=N–C) groups is 2. The predicted octanol–water partition coefficient (Wildman–Crippen LogP) is 7.18. The first-order chi connectivity index (χ1) is 17.3. The van der Waals surface area contributed by atoms with Crippen molar-refractivity contribution in [2.75, 3.05) is 0 Å². The van der Waals surface area contributed by atoms with Crippen molar-refractivity contribution in [3.8, 4) is 11.5 Å². The third kappa shape index (κ3) is 9.77. The van der Waals surface area contributed by atoms with Crippen LogP contribution >= 0.6 is 23.2 Å². The van der Waals surface area contributed by atoms with E-state index in [0.29, 0.717) is 21.2 Å². The van der Waals surface area contributed by atoms with Crippen LogP contribution in [0, 0.1) is 0 Å². The molecular formula is C30H26Cl2N2O2Zn. The SMILES string of the molecule is C[C@H](N=Cc1ccccc1[O-])c1ccc(Cl)cc1.C[C@H](N=Cc1ccccc1[O-])c1ccc(Cl)cc1.[Zn+2]. The van der Waals surface area contributed by atoms with E-state index in [1.807, 2.05) is 74.5 Å². The van der Waals surface area contributed by atoms with Crippen LogP contribution in [-0.4, -0.2) is 12.4 Å². The fraction of sp³-hybridized carbons (Fsp3) is 0.133. The summed E-state index contributed by atoms with van der Waals surface area (Å²) in [7, 11) is 0. The monoisotopic (exact) mass is 580 g/mol. The molecule has 0 fully saturated rings. The number of hydrogen-bond acceptors (Lipinski definition) is 4. The van der Waals surface area contributed by atoms with Crippen LogP contribution in [0.1, 0.15) is 48.2 Å². The van der Waals surface area contributed by atoms with E-state index in [1.54, 1.807) is 36.7 Å². The van der Waals surface area contributed by atoms with Gasteiger partial charge in [0.25, 0.3) is 0 Å². The molecule has 0 radical (unpaired) electrons. The van der Waals surface area contributed by atoms with Crippen LogP contribution < -0.4 is 10.2 Å². The Balaban J connectivity index is 0.000000253. The molecule has 4 aromatic rings. The smallest absolute Gasteiger partial charge is 0.872 e. The first-order valence-corrected chi connectivity index (χ1v) is 12.2. The molecule has 0 heterocycles. The minimum atomic E-state index is -0.00967. The largest absolute Gasteiger partial charge is 2.00 e. The number of halogens is 2. The zero-order valence-corrected chi connectivity index (χ0v) is 25.2. The fourth-order valence-corrected chi connectivity index (χ4v) is 3.47. The van der Waals surface area contributed by atoms with Crippen molar-refractivity contribution < 1.29 is 29.7 Å². The molecule has 0 saturated carbocycles. The van der Waals surface area contributed by atoms with Gasteiger partial charge in [-0.05, 0) is 60.4 Å². The molecule has 0 N–H and O–H groups in total. The third-order valence-corrected chi connectivity index (χ3v) is 5.92. The van der Waals surface area contributed by atoms with Gasteiger partial charge in [-0.15, -0.1) is 11.5 Å². The van der Waals surface area contributed by atoms with Gasteiger partial charge in [0, 0.05) is 22.5 Å². The van der Waals surface area contributed by atoms with Gasteiger partial charge in [0.05, 0.1) is 12.1 Å². The summed E-state index contributed by atoms with van der Waals surface area (Å²) < 4.78 is 0. The molecule has 0 aromatic heterocycles. The molecule has 0 aliphatic carbocycles. The van der Waals surface area contributed by atoms with Crippen molar-refractivity contribution >= 4 is 35.6 Å². The molecule has 4 nitrogen and oxygen atoms in total. The molecule has 0 bridgehead atoms. The molecular weight excluding hydrogens is 557 g/mol. The number of benzene rings is 4. The van der Waals surface area contributed by atoms with Crippen LogP contribution in [0.2, 0.25) is 10.0 Å². The van der Waals surface area contributed by atoms with Gasteiger partial charge < -0.3 is 10.2 Å². The van der Waals surface area contributed by atoms with Crippen LogP contribution in [0.3, 0.4) is 0 Å². The summed E-state index contributed by atoms with van der Waals surface area (Å²) in [4.78, 5) is 8.77. The number of hydrogen-bond donors (Lipinski definition) is 0. The predicted molar refractivity (Wildman–Crippen MR) is 147 cm³/mol. The molecule has 0 aliphatic rings. The van der Waals surface area contributed by atoms with E-state index in [4.69, 9.17) is 23.2 Å². The van der Waals surface area contributed by atoms with Crippen molar-refractivity contribution in [3.05, 3.63) is 129 Å². The Morgan fingerprint density at radius 3 is 1.22 bits per heavy atom. The van der Waals surface area contributed by atoms with Crippen LogP contribution in [0.15, 0.2) is 107 Å². The van der Waals surface area contributed by atoms with E-state index >= 15 is 0 Å². The van der Waals surface area contributed by atoms with Gasteiger partial charge >= 0.3 is 19.5 Å². The zero-order chi connectivity index (χ0) is 25.9. The van der Waals surface area contributed by atoms with Crippen molar-refractivity contribution in [2.45, 2.75) is 25.9 Å². The van der Waals surface area contributed by atoms with Gasteiger partial charge in [0.15, 0.2) is 0 Å². The Hall–Kier alpha value is -2.98. The Bertz CT molecular complexity index is 1210. The second-order valence-electron chi connectivity index (χ2n) is 8.09. The van der Waals surface area contributed by atoms with Crippen LogP contribution in [-0.2, 0) is 19.5 Å². The van der Waals surface area contributed by atoms with E-state index in [9.17, 15) is 10.2 Å². The van der Waals surface area contributed by atoms with Crippen molar-refractivity contribution in [2.24, 2.45) is 9.98 Å². The maximum absolute atomic E-state index is 11.5. The molecule has 184 valence electrons. The number of nitrogens with zero attached hydrogens (tertiary/aromatic N) is 2. The zero-order valence-electron chi connectivity index (χ0n) is 20.7. The summed E-state index contributed by atoms with van der Waals surface area (Å²) in [5.41, 5.74) is 3.36. The van der Waals surface area contributed by atoms with Gasteiger partial charge in [-0.3, -0.25) is 9.98 Å². The van der Waals surface area contributed by atoms with Gasteiger partial charge in [-0.25, -0.2) is 0 Å². The third-order valence-electron chi connectivity index (χ3n) is 5.42. The standard InChI is InChI=1S/2C15H14ClNO.Zn/c2*1-11(12-6-8-14(16)9-7-12)17-10-13-4-2-3-5-15(13)18;/h2*2-11,18H,1H3;/q;;+2/p-2/t2*11-;/m00./s1. The Morgan fingerprint density at radius 2 is 0.892 bits per heavy atom. The van der Waals surface area contributed by atoms with Crippen molar-refractivity contribution in [1.29, 1.82) is 0 Å². The Labute approximate surface area is 241 Å². The second kappa shape index (κ2) is 15.3. The van der Waals surface area contributed by atoms with Crippen LogP contribution in [0.4, 0.5) is 0 Å². The molecule has 2 atom stereocenters. The van der Waals surface area contributed by atoms with E-state index in [2.05, 4.69) is 9.98 Å². The normalized spacial score (nSPS) is 12.4. The van der Waals surface area contributed by atoms with Gasteiger partial charge in [-0.1, -0.05) is 96.0 Å². The fourth-order valence-electron chi connectivity index (χ4n) is 3.21. The molecule has 4 rings (SSSR count). The van der Waals surface area contributed by atoms with Gasteiger partial charge in [-0.2, -0.15) is 0 Å². The summed E-state index contributed by atoms with van der Waals surface area (Å²) >= 11 is 11.7. The molecule has 0 saturated heterocycles. The van der Waals surface area contributed by atoms with Crippen LogP contribution in [0.5, 0.6) is 11.5 Å². The maximum atomic E-state index is 11.5. The summed E-state index contributed by atoms with van der Waals surface area (Å²) in [5, 5.41) is 24.4. The number of rotatable bonds is 6. The van der Waals surface area contributed by atoms with Gasteiger partial charge in [0.2, 0.25) is 0 Å². The quantitative estimate of drug-likeness (QED) is 0.178. The van der Waals surface area contributed by atoms with E-state index < -0.39 is 0 Å². The Kier molecular flexibility index (Phi) is 12.5. The molecule has 0 amide bonds. The topological polar surface area (TPSA) is 70.8 Å². The van der Waals surface area contributed by atoms with E-state index in [1.165, 1.54) is 12.1 Å². The molecule has 4 aromatic carbocycles. The maximum Gasteiger partial charge on any atom is 2.00 e. The van der Waals surface area contributed by atoms with E-state index in [0.717, 1.165) is 11.1 Å². The summed E-state index contributed by atoms with van der Waals surface area (Å²) in [6.07, 6.45) is 3.25. The molecule has 0 spiro atoms. The van der Waals surface area contributed by atoms with Crippen LogP contribution in [0.25, 0.3) is 0 Å². The average molecular weight is 583 g/mol. The van der Waals surface area contributed by atoms with E-state index in [-0.39, 0.29) is 43.1 Å².